The van der Waals surface area contributed by atoms with Crippen molar-refractivity contribution >= 4 is 76.8 Å². The van der Waals surface area contributed by atoms with Crippen LogP contribution in [0.1, 0.15) is 27.8 Å². The van der Waals surface area contributed by atoms with Crippen LogP contribution in [0.4, 0.5) is 38.0 Å². The summed E-state index contributed by atoms with van der Waals surface area (Å²) in [6.07, 6.45) is 4.42. The fraction of sp³-hybridized carbons (Fsp3) is 0.268. The average Bonchev–Trinajstić information content (AvgIpc) is 3.96. The molecule has 17 nitrogen and oxygen atoms in total. The summed E-state index contributed by atoms with van der Waals surface area (Å²) in [4.78, 5) is 35.7. The number of pyridine rings is 1. The van der Waals surface area contributed by atoms with Gasteiger partial charge in [-0.1, -0.05) is 115 Å². The first kappa shape index (κ1) is 57.6. The van der Waals surface area contributed by atoms with E-state index >= 15 is 0 Å². The van der Waals surface area contributed by atoms with Gasteiger partial charge in [-0.2, -0.15) is 0 Å². The molecule has 2 amide bonds. The van der Waals surface area contributed by atoms with Gasteiger partial charge in [0.1, 0.15) is 27.0 Å². The maximum absolute atomic E-state index is 12.3. The normalized spacial score (nSPS) is 12.7. The summed E-state index contributed by atoms with van der Waals surface area (Å²) in [6.45, 7) is 17.7. The number of nitrogens with one attached hydrogen (secondary N) is 2. The number of ether oxygens (including phenoxy) is 4. The van der Waals surface area contributed by atoms with Crippen molar-refractivity contribution in [1.29, 1.82) is 0 Å². The molecule has 2 aliphatic rings. The van der Waals surface area contributed by atoms with Gasteiger partial charge < -0.3 is 51.1 Å². The van der Waals surface area contributed by atoms with Gasteiger partial charge in [-0.05, 0) is 90.2 Å². The number of hydrogen-bond donors (Lipinski definition) is 2. The van der Waals surface area contributed by atoms with Crippen molar-refractivity contribution in [1.82, 2.24) is 20.0 Å². The molecule has 2 saturated heterocycles. The fourth-order valence-corrected chi connectivity index (χ4v) is 7.99. The Kier molecular flexibility index (Phi) is 22.8. The second kappa shape index (κ2) is 30.0. The van der Waals surface area contributed by atoms with Crippen LogP contribution in [0.5, 0.6) is 0 Å². The Morgan fingerprint density at radius 3 is 1.87 bits per heavy atom. The number of aromatic nitrogens is 4. The van der Waals surface area contributed by atoms with Crippen molar-refractivity contribution in [2.24, 2.45) is 5.11 Å². The molecule has 2 aromatic heterocycles. The molecule has 4 heterocycles. The number of nitrogens with zero attached hydrogens (tertiary/aromatic N) is 9. The molecule has 5 aromatic carbocycles. The number of amides is 2. The summed E-state index contributed by atoms with van der Waals surface area (Å²) >= 11 is 2.40. The lowest BCUT2D eigenvalue weighted by Gasteiger charge is -2.28. The van der Waals surface area contributed by atoms with Gasteiger partial charge >= 0.3 is 12.2 Å². The van der Waals surface area contributed by atoms with Crippen LogP contribution < -0.4 is 20.4 Å². The number of rotatable bonds is 11. The van der Waals surface area contributed by atoms with Crippen molar-refractivity contribution in [2.45, 2.75) is 46.7 Å². The molecule has 0 bridgehead atoms. The first-order valence-electron chi connectivity index (χ1n) is 24.3. The van der Waals surface area contributed by atoms with E-state index in [0.717, 1.165) is 89.9 Å². The highest BCUT2D eigenvalue weighted by molar-refractivity contribution is 14.1. The van der Waals surface area contributed by atoms with E-state index in [2.05, 4.69) is 130 Å². The molecule has 7 aromatic rings. The standard InChI is InChI=1S/C26H26N6O3.C15H14N4O2.C15H21NOSi.BH3I/c1-19-7-8-22(28-26(33)35-18-20-5-3-2-4-6-20)14-25(19)32-17-24(29-30-32)21-13-23(16-27-15-21)31-9-11-34-12-10-31;1-11-7-8-13(9-14(11)18-19-16)17-15(20)21-10-12-5-3-2-4-6-12;1-18(2,3)12-7-14-5-4-6-15(13-14)16-8-10-17-11-9-16;1-2/h2-8,13-17H,9-12,18H2,1H3,(H,28,33);2-9H,10H2,1H3,(H,17,20);4-6,13H,8-11H2,1-3H3;1H3/q;;;-1. The monoisotopic (exact) mass is 1150 g/mol. The van der Waals surface area contributed by atoms with Gasteiger partial charge in [0.05, 0.1) is 50.2 Å². The number of azide groups is 1. The predicted molar refractivity (Wildman–Crippen MR) is 317 cm³/mol. The van der Waals surface area contributed by atoms with E-state index in [-0.39, 0.29) is 13.2 Å². The molecule has 76 heavy (non-hydrogen) atoms. The number of halogens is 1. The van der Waals surface area contributed by atoms with Crippen molar-refractivity contribution in [3.63, 3.8) is 0 Å². The van der Waals surface area contributed by atoms with Crippen LogP contribution in [-0.4, -0.2) is 98.5 Å². The summed E-state index contributed by atoms with van der Waals surface area (Å²) in [5.74, 6) is 3.32. The van der Waals surface area contributed by atoms with Crippen molar-refractivity contribution in [2.75, 3.05) is 73.0 Å². The average molecular weight is 1150 g/mol. The number of hydrogen-bond acceptors (Lipinski definition) is 12. The van der Waals surface area contributed by atoms with Crippen molar-refractivity contribution in [3.8, 4) is 28.4 Å². The van der Waals surface area contributed by atoms with E-state index in [1.807, 2.05) is 105 Å². The van der Waals surface area contributed by atoms with Crippen LogP contribution in [0.15, 0.2) is 151 Å². The first-order chi connectivity index (χ1) is 36.9. The zero-order valence-corrected chi connectivity index (χ0v) is 45.9. The molecular weight excluding hydrogens is 1090 g/mol. The lowest BCUT2D eigenvalue weighted by molar-refractivity contribution is 0.122. The number of morpholine rings is 2. The third-order valence-corrected chi connectivity index (χ3v) is 12.3. The Hall–Kier alpha value is -7.67. The fourth-order valence-electron chi connectivity index (χ4n) is 7.47. The summed E-state index contributed by atoms with van der Waals surface area (Å²) in [5, 5.41) is 17.6. The molecule has 2 fully saturated rings. The summed E-state index contributed by atoms with van der Waals surface area (Å²) in [6, 6.07) is 40.2. The van der Waals surface area contributed by atoms with Gasteiger partial charge in [0.2, 0.25) is 0 Å². The van der Waals surface area contributed by atoms with E-state index in [1.54, 1.807) is 29.1 Å². The maximum atomic E-state index is 12.3. The Balaban J connectivity index is 0.000000196. The molecule has 0 atom stereocenters. The van der Waals surface area contributed by atoms with E-state index in [0.29, 0.717) is 36.0 Å². The second-order valence-electron chi connectivity index (χ2n) is 18.3. The van der Waals surface area contributed by atoms with E-state index < -0.39 is 20.3 Å². The van der Waals surface area contributed by atoms with Gasteiger partial charge in [0.25, 0.3) is 0 Å². The molecule has 20 heteroatoms. The third kappa shape index (κ3) is 18.9. The van der Waals surface area contributed by atoms with Crippen LogP contribution in [0.3, 0.4) is 0 Å². The minimum atomic E-state index is -1.29. The molecule has 9 rings (SSSR count). The van der Waals surface area contributed by atoms with Crippen LogP contribution in [0, 0.1) is 25.3 Å². The van der Waals surface area contributed by atoms with Crippen LogP contribution in [-0.2, 0) is 32.2 Å². The third-order valence-electron chi connectivity index (χ3n) is 11.4. The minimum Gasteiger partial charge on any atom is -0.444 e. The Morgan fingerprint density at radius 2 is 1.29 bits per heavy atom. The van der Waals surface area contributed by atoms with Gasteiger partial charge in [0.15, 0.2) is 0 Å². The molecule has 0 aliphatic carbocycles. The van der Waals surface area contributed by atoms with Crippen LogP contribution >= 0.6 is 22.4 Å². The SMILES string of the molecule is C[Si](C)(C)C#Cc1cccc(N2CCOCC2)c1.Cc1ccc(NC(=O)OCc2ccccc2)cc1-n1cc(-c2cncc(N3CCOCC3)c2)nn1.Cc1ccc(NC(=O)OCc2ccccc2)cc1N=[N+]=[N-].[BH3-]I. The highest BCUT2D eigenvalue weighted by atomic mass is 127. The molecular formula is C56H64BIN11O6Si-. The summed E-state index contributed by atoms with van der Waals surface area (Å²) < 4.78 is 23.0. The van der Waals surface area contributed by atoms with Gasteiger partial charge in [0, 0.05) is 76.9 Å². The molecule has 0 unspecified atom stereocenters. The predicted octanol–water partition coefficient (Wildman–Crippen LogP) is 11.4. The van der Waals surface area contributed by atoms with E-state index in [9.17, 15) is 9.59 Å². The molecule has 0 spiro atoms. The zero-order valence-electron chi connectivity index (χ0n) is 42.8. The molecule has 2 N–H and O–H groups in total. The van der Waals surface area contributed by atoms with Gasteiger partial charge in [-0.25, -0.2) is 14.3 Å². The quantitative estimate of drug-likeness (QED) is 0.0312. The minimum absolute atomic E-state index is 0.196. The maximum Gasteiger partial charge on any atom is 0.411 e. The van der Waals surface area contributed by atoms with Gasteiger partial charge in [-0.3, -0.25) is 15.6 Å². The smallest absolute Gasteiger partial charge is 0.411 e. The van der Waals surface area contributed by atoms with Crippen LogP contribution in [0.25, 0.3) is 27.4 Å². The number of anilines is 4. The highest BCUT2D eigenvalue weighted by Crippen LogP contribution is 2.26. The Morgan fingerprint density at radius 1 is 0.724 bits per heavy atom. The van der Waals surface area contributed by atoms with Crippen molar-refractivity contribution in [3.05, 3.63) is 184 Å². The second-order valence-corrected chi connectivity index (χ2v) is 23.0. The molecule has 0 saturated carbocycles. The number of benzene rings is 5. The van der Waals surface area contributed by atoms with E-state index in [1.165, 1.54) is 5.69 Å². The molecule has 394 valence electrons. The number of aryl methyl sites for hydroxylation is 2. The topological polar surface area (TPSA) is 194 Å². The highest BCUT2D eigenvalue weighted by Gasteiger charge is 2.16. The van der Waals surface area contributed by atoms with Crippen molar-refractivity contribution < 1.29 is 28.5 Å². The lowest BCUT2D eigenvalue weighted by atomic mass is 10.1. The Labute approximate surface area is 460 Å². The lowest BCUT2D eigenvalue weighted by Crippen LogP contribution is -2.36. The zero-order chi connectivity index (χ0) is 54.1. The Bertz CT molecular complexity index is 3080. The van der Waals surface area contributed by atoms with Crippen LogP contribution in [0.2, 0.25) is 19.6 Å². The first-order valence-corrected chi connectivity index (χ1v) is 27.8. The summed E-state index contributed by atoms with van der Waals surface area (Å²) in [5.41, 5.74) is 23.7. The molecule has 2 aliphatic heterocycles. The molecule has 0 radical (unpaired) electrons. The summed E-state index contributed by atoms with van der Waals surface area (Å²) in [7, 11) is -1.29. The number of carbonyl (C=O) groups is 2. The largest absolute Gasteiger partial charge is 0.444 e. The van der Waals surface area contributed by atoms with E-state index in [4.69, 9.17) is 24.5 Å². The van der Waals surface area contributed by atoms with Gasteiger partial charge in [-0.15, -0.1) is 10.6 Å². The number of carbonyl (C=O) groups excluding carboxylic acids is 2.